The van der Waals surface area contributed by atoms with E-state index < -0.39 is 12.2 Å². The van der Waals surface area contributed by atoms with Crippen molar-refractivity contribution in [2.75, 3.05) is 19.5 Å². The summed E-state index contributed by atoms with van der Waals surface area (Å²) in [6, 6.07) is 10.1. The Morgan fingerprint density at radius 1 is 1.24 bits per heavy atom. The summed E-state index contributed by atoms with van der Waals surface area (Å²) in [5.74, 6) is 1.60. The van der Waals surface area contributed by atoms with Gasteiger partial charge in [-0.25, -0.2) is 4.68 Å². The molecule has 0 saturated carbocycles. The Bertz CT molecular complexity index is 1140. The van der Waals surface area contributed by atoms with Gasteiger partial charge >= 0.3 is 0 Å². The van der Waals surface area contributed by atoms with E-state index in [1.54, 1.807) is 49.8 Å². The number of ether oxygens (including phenoxy) is 2. The summed E-state index contributed by atoms with van der Waals surface area (Å²) in [7, 11) is 3.03. The van der Waals surface area contributed by atoms with E-state index >= 15 is 0 Å². The summed E-state index contributed by atoms with van der Waals surface area (Å²) < 4.78 is 17.6. The van der Waals surface area contributed by atoms with Crippen molar-refractivity contribution in [3.05, 3.63) is 48.2 Å². The second-order valence-electron chi connectivity index (χ2n) is 8.05. The summed E-state index contributed by atoms with van der Waals surface area (Å²) in [5, 5.41) is 13.8. The number of nitrogens with zero attached hydrogens (tertiary/aromatic N) is 2. The minimum Gasteiger partial charge on any atom is -0.497 e. The fourth-order valence-corrected chi connectivity index (χ4v) is 3.67. The molecule has 4 rings (SSSR count). The van der Waals surface area contributed by atoms with Gasteiger partial charge in [0.15, 0.2) is 12.0 Å². The standard InChI is InChI=1S/C23H27N5O5/c1-13(2)16-12-21(29)26-23(24-16)28-20(11-17(27-28)18-6-5-9-33-18)25-22(30)15-8-7-14(31-3)10-19(15)32-4/h5-11,13,16,23-24H,12H2,1-4H3,(H,25,30)(H,26,29). The van der Waals surface area contributed by atoms with E-state index in [2.05, 4.69) is 21.0 Å². The Hall–Kier alpha value is -3.79. The van der Waals surface area contributed by atoms with E-state index in [9.17, 15) is 9.59 Å². The van der Waals surface area contributed by atoms with Gasteiger partial charge in [-0.15, -0.1) is 0 Å². The Morgan fingerprint density at radius 3 is 2.73 bits per heavy atom. The normalized spacial score (nSPS) is 18.2. The second kappa shape index (κ2) is 9.37. The molecule has 10 nitrogen and oxygen atoms in total. The Labute approximate surface area is 191 Å². The second-order valence-corrected chi connectivity index (χ2v) is 8.05. The number of benzene rings is 1. The van der Waals surface area contributed by atoms with E-state index in [-0.39, 0.29) is 17.9 Å². The number of rotatable bonds is 7. The Balaban J connectivity index is 1.69. The largest absolute Gasteiger partial charge is 0.497 e. The minimum absolute atomic E-state index is 0.0368. The maximum Gasteiger partial charge on any atom is 0.260 e. The number of aromatic nitrogens is 2. The van der Waals surface area contributed by atoms with Gasteiger partial charge in [0.1, 0.15) is 23.0 Å². The molecule has 2 atom stereocenters. The molecule has 1 fully saturated rings. The Kier molecular flexibility index (Phi) is 6.36. The molecule has 3 heterocycles. The molecule has 0 spiro atoms. The van der Waals surface area contributed by atoms with Crippen LogP contribution in [0.1, 0.15) is 36.9 Å². The molecule has 3 aromatic rings. The van der Waals surface area contributed by atoms with Crippen LogP contribution in [0.25, 0.3) is 11.5 Å². The average Bonchev–Trinajstić information content (AvgIpc) is 3.48. The molecule has 3 N–H and O–H groups in total. The highest BCUT2D eigenvalue weighted by atomic mass is 16.5. The summed E-state index contributed by atoms with van der Waals surface area (Å²) in [6.07, 6.45) is 1.27. The molecule has 0 bridgehead atoms. The molecular weight excluding hydrogens is 426 g/mol. The van der Waals surface area contributed by atoms with Crippen molar-refractivity contribution in [1.82, 2.24) is 20.4 Å². The molecule has 1 aromatic carbocycles. The van der Waals surface area contributed by atoms with Crippen molar-refractivity contribution < 1.29 is 23.5 Å². The summed E-state index contributed by atoms with van der Waals surface area (Å²) in [6.45, 7) is 4.09. The summed E-state index contributed by atoms with van der Waals surface area (Å²) in [5.41, 5.74) is 0.839. The molecule has 174 valence electrons. The highest BCUT2D eigenvalue weighted by Crippen LogP contribution is 2.28. The molecular formula is C23H27N5O5. The number of carbonyl (C=O) groups excluding carboxylic acids is 2. The number of nitrogens with one attached hydrogen (secondary N) is 3. The quantitative estimate of drug-likeness (QED) is 0.503. The highest BCUT2D eigenvalue weighted by Gasteiger charge is 2.31. The molecule has 0 radical (unpaired) electrons. The molecule has 1 aliphatic rings. The SMILES string of the molecule is COc1ccc(C(=O)Nc2cc(-c3ccco3)nn2C2NC(=O)CC(C(C)C)N2)c(OC)c1. The first-order valence-corrected chi connectivity index (χ1v) is 10.6. The third kappa shape index (κ3) is 4.70. The van der Waals surface area contributed by atoms with Crippen molar-refractivity contribution in [3.63, 3.8) is 0 Å². The Morgan fingerprint density at radius 2 is 2.06 bits per heavy atom. The summed E-state index contributed by atoms with van der Waals surface area (Å²) in [4.78, 5) is 25.5. The monoisotopic (exact) mass is 453 g/mol. The fourth-order valence-electron chi connectivity index (χ4n) is 3.67. The number of methoxy groups -OCH3 is 2. The first-order chi connectivity index (χ1) is 15.9. The lowest BCUT2D eigenvalue weighted by atomic mass is 9.99. The van der Waals surface area contributed by atoms with Crippen LogP contribution in [0.2, 0.25) is 0 Å². The number of anilines is 1. The van der Waals surface area contributed by atoms with E-state index in [0.29, 0.717) is 40.8 Å². The van der Waals surface area contributed by atoms with Gasteiger partial charge in [-0.1, -0.05) is 13.8 Å². The molecule has 2 unspecified atom stereocenters. The van der Waals surface area contributed by atoms with Gasteiger partial charge in [-0.3, -0.25) is 14.9 Å². The number of hydrogen-bond acceptors (Lipinski definition) is 7. The number of carbonyl (C=O) groups is 2. The van der Waals surface area contributed by atoms with Gasteiger partial charge in [0.2, 0.25) is 5.91 Å². The van der Waals surface area contributed by atoms with Gasteiger partial charge in [0, 0.05) is 24.6 Å². The predicted octanol–water partition coefficient (Wildman–Crippen LogP) is 3.00. The van der Waals surface area contributed by atoms with E-state index in [1.807, 2.05) is 13.8 Å². The zero-order chi connectivity index (χ0) is 23.5. The lowest BCUT2D eigenvalue weighted by molar-refractivity contribution is -0.126. The van der Waals surface area contributed by atoms with Crippen LogP contribution < -0.4 is 25.4 Å². The maximum atomic E-state index is 13.2. The van der Waals surface area contributed by atoms with Crippen molar-refractivity contribution >= 4 is 17.6 Å². The van der Waals surface area contributed by atoms with Crippen molar-refractivity contribution in [2.45, 2.75) is 32.6 Å². The van der Waals surface area contributed by atoms with Gasteiger partial charge in [-0.05, 0) is 30.2 Å². The zero-order valence-electron chi connectivity index (χ0n) is 18.9. The lowest BCUT2D eigenvalue weighted by Crippen LogP contribution is -2.55. The third-order valence-corrected chi connectivity index (χ3v) is 5.53. The van der Waals surface area contributed by atoms with Crippen molar-refractivity contribution in [2.24, 2.45) is 5.92 Å². The maximum absolute atomic E-state index is 13.2. The van der Waals surface area contributed by atoms with Gasteiger partial charge in [0.05, 0.1) is 26.0 Å². The average molecular weight is 453 g/mol. The molecule has 2 aromatic heterocycles. The molecule has 1 saturated heterocycles. The van der Waals surface area contributed by atoms with Crippen LogP contribution in [0.5, 0.6) is 11.5 Å². The molecule has 2 amide bonds. The molecule has 10 heteroatoms. The van der Waals surface area contributed by atoms with Crippen LogP contribution in [0, 0.1) is 5.92 Å². The third-order valence-electron chi connectivity index (χ3n) is 5.53. The topological polar surface area (TPSA) is 120 Å². The number of furan rings is 1. The lowest BCUT2D eigenvalue weighted by Gasteiger charge is -2.34. The molecule has 0 aliphatic carbocycles. The van der Waals surface area contributed by atoms with Crippen LogP contribution in [0.15, 0.2) is 47.1 Å². The highest BCUT2D eigenvalue weighted by molar-refractivity contribution is 6.06. The zero-order valence-corrected chi connectivity index (χ0v) is 18.9. The summed E-state index contributed by atoms with van der Waals surface area (Å²) >= 11 is 0. The van der Waals surface area contributed by atoms with Crippen LogP contribution in [0.4, 0.5) is 5.82 Å². The smallest absolute Gasteiger partial charge is 0.260 e. The van der Waals surface area contributed by atoms with Crippen LogP contribution in [0.3, 0.4) is 0 Å². The first-order valence-electron chi connectivity index (χ1n) is 10.6. The van der Waals surface area contributed by atoms with Crippen LogP contribution in [-0.2, 0) is 4.79 Å². The van der Waals surface area contributed by atoms with E-state index in [0.717, 1.165) is 0 Å². The number of amides is 2. The predicted molar refractivity (Wildman–Crippen MR) is 121 cm³/mol. The van der Waals surface area contributed by atoms with Crippen molar-refractivity contribution in [1.29, 1.82) is 0 Å². The fraction of sp³-hybridized carbons (Fsp3) is 0.348. The van der Waals surface area contributed by atoms with Crippen molar-refractivity contribution in [3.8, 4) is 23.0 Å². The first kappa shape index (κ1) is 22.4. The minimum atomic E-state index is -0.643. The van der Waals surface area contributed by atoms with Gasteiger partial charge in [-0.2, -0.15) is 5.10 Å². The van der Waals surface area contributed by atoms with Gasteiger partial charge in [0.25, 0.3) is 5.91 Å². The molecule has 1 aliphatic heterocycles. The van der Waals surface area contributed by atoms with Gasteiger partial charge < -0.3 is 24.5 Å². The molecule has 33 heavy (non-hydrogen) atoms. The van der Waals surface area contributed by atoms with E-state index in [1.165, 1.54) is 11.8 Å². The number of hydrogen-bond donors (Lipinski definition) is 3. The van der Waals surface area contributed by atoms with Crippen LogP contribution in [-0.4, -0.2) is 41.9 Å². The van der Waals surface area contributed by atoms with E-state index in [4.69, 9.17) is 13.9 Å². The van der Waals surface area contributed by atoms with Crippen LogP contribution >= 0.6 is 0 Å².